The predicted octanol–water partition coefficient (Wildman–Crippen LogP) is 2.89. The number of hydrogen-bond acceptors (Lipinski definition) is 2. The molecule has 0 aromatic heterocycles. The van der Waals surface area contributed by atoms with Crippen LogP contribution in [0.25, 0.3) is 0 Å². The van der Waals surface area contributed by atoms with Gasteiger partial charge in [-0.3, -0.25) is 9.59 Å². The molecule has 0 amide bonds. The molecule has 19 heavy (non-hydrogen) atoms. The summed E-state index contributed by atoms with van der Waals surface area (Å²) in [6.45, 7) is 0. The monoisotopic (exact) mass is 262 g/mol. The Bertz CT molecular complexity index is 460. The van der Waals surface area contributed by atoms with Gasteiger partial charge in [-0.25, -0.2) is 0 Å². The average molecular weight is 262 g/mol. The van der Waals surface area contributed by atoms with E-state index in [1.54, 1.807) is 30.3 Å². The minimum atomic E-state index is -1.16. The lowest BCUT2D eigenvalue weighted by molar-refractivity contribution is -0.160. The van der Waals surface area contributed by atoms with Crippen molar-refractivity contribution in [1.82, 2.24) is 0 Å². The first-order valence-corrected chi connectivity index (χ1v) is 6.59. The Morgan fingerprint density at radius 3 is 2.05 bits per heavy atom. The number of benzene rings is 1. The minimum absolute atomic E-state index is 0.439. The van der Waals surface area contributed by atoms with E-state index >= 15 is 0 Å². The number of carboxylic acids is 2. The summed E-state index contributed by atoms with van der Waals surface area (Å²) >= 11 is 0. The van der Waals surface area contributed by atoms with Crippen LogP contribution in [0, 0.1) is 5.41 Å². The van der Waals surface area contributed by atoms with Crippen LogP contribution in [0.4, 0.5) is 0 Å². The topological polar surface area (TPSA) is 74.6 Å². The van der Waals surface area contributed by atoms with E-state index in [1.807, 2.05) is 0 Å². The molecule has 1 unspecified atom stereocenters. The Kier molecular flexibility index (Phi) is 3.88. The van der Waals surface area contributed by atoms with Crippen molar-refractivity contribution < 1.29 is 19.8 Å². The van der Waals surface area contributed by atoms with Crippen LogP contribution in [0.2, 0.25) is 0 Å². The molecule has 2 rings (SSSR count). The summed E-state index contributed by atoms with van der Waals surface area (Å²) in [6.07, 6.45) is 3.42. The summed E-state index contributed by atoms with van der Waals surface area (Å²) in [4.78, 5) is 23.4. The van der Waals surface area contributed by atoms with E-state index in [4.69, 9.17) is 0 Å². The van der Waals surface area contributed by atoms with Crippen molar-refractivity contribution in [3.05, 3.63) is 35.9 Å². The van der Waals surface area contributed by atoms with Crippen LogP contribution in [-0.4, -0.2) is 22.2 Å². The van der Waals surface area contributed by atoms with E-state index < -0.39 is 23.3 Å². The molecule has 4 heteroatoms. The summed E-state index contributed by atoms with van der Waals surface area (Å²) in [7, 11) is 0. The molecule has 0 bridgehead atoms. The van der Waals surface area contributed by atoms with Crippen molar-refractivity contribution in [1.29, 1.82) is 0 Å². The standard InChI is InChI=1S/C15H18O4/c16-13(17)12(11-7-3-1-4-8-11)15(14(18)19)9-5-2-6-10-15/h1,3-4,7-8,12H,2,5-6,9-10H2,(H,16,17)(H,18,19). The fraction of sp³-hybridized carbons (Fsp3) is 0.467. The van der Waals surface area contributed by atoms with E-state index in [0.29, 0.717) is 18.4 Å². The Hall–Kier alpha value is -1.84. The average Bonchev–Trinajstić information content (AvgIpc) is 2.40. The van der Waals surface area contributed by atoms with Crippen molar-refractivity contribution in [2.24, 2.45) is 5.41 Å². The van der Waals surface area contributed by atoms with Gasteiger partial charge in [-0.05, 0) is 18.4 Å². The van der Waals surface area contributed by atoms with Gasteiger partial charge in [-0.1, -0.05) is 49.6 Å². The second-order valence-electron chi connectivity index (χ2n) is 5.20. The fourth-order valence-corrected chi connectivity index (χ4v) is 3.15. The van der Waals surface area contributed by atoms with E-state index in [9.17, 15) is 19.8 Å². The van der Waals surface area contributed by atoms with Crippen molar-refractivity contribution >= 4 is 11.9 Å². The molecule has 1 aliphatic rings. The van der Waals surface area contributed by atoms with Gasteiger partial charge >= 0.3 is 11.9 Å². The summed E-state index contributed by atoms with van der Waals surface area (Å²) < 4.78 is 0. The lowest BCUT2D eigenvalue weighted by Gasteiger charge is -2.38. The van der Waals surface area contributed by atoms with Gasteiger partial charge in [-0.2, -0.15) is 0 Å². The highest BCUT2D eigenvalue weighted by Gasteiger charge is 2.50. The fourth-order valence-electron chi connectivity index (χ4n) is 3.15. The first kappa shape index (κ1) is 13.6. The molecule has 0 saturated heterocycles. The van der Waals surface area contributed by atoms with E-state index in [0.717, 1.165) is 19.3 Å². The van der Waals surface area contributed by atoms with Crippen LogP contribution in [0.15, 0.2) is 30.3 Å². The van der Waals surface area contributed by atoms with Crippen molar-refractivity contribution in [3.8, 4) is 0 Å². The number of rotatable bonds is 4. The Balaban J connectivity index is 2.47. The molecule has 0 spiro atoms. The zero-order chi connectivity index (χ0) is 13.9. The summed E-state index contributed by atoms with van der Waals surface area (Å²) in [5.74, 6) is -2.99. The third kappa shape index (κ3) is 2.48. The number of carbonyl (C=O) groups is 2. The number of aliphatic carboxylic acids is 2. The normalized spacial score (nSPS) is 19.6. The van der Waals surface area contributed by atoms with Crippen LogP contribution in [0.5, 0.6) is 0 Å². The minimum Gasteiger partial charge on any atom is -0.481 e. The van der Waals surface area contributed by atoms with Gasteiger partial charge in [0, 0.05) is 0 Å². The third-order valence-electron chi connectivity index (χ3n) is 4.10. The summed E-state index contributed by atoms with van der Waals surface area (Å²) in [6, 6.07) is 8.72. The van der Waals surface area contributed by atoms with Gasteiger partial charge < -0.3 is 10.2 Å². The molecule has 4 nitrogen and oxygen atoms in total. The van der Waals surface area contributed by atoms with Crippen molar-refractivity contribution in [2.45, 2.75) is 38.0 Å². The zero-order valence-electron chi connectivity index (χ0n) is 10.7. The van der Waals surface area contributed by atoms with Gasteiger partial charge in [0.15, 0.2) is 0 Å². The van der Waals surface area contributed by atoms with Crippen LogP contribution in [-0.2, 0) is 9.59 Å². The van der Waals surface area contributed by atoms with E-state index in [1.165, 1.54) is 0 Å². The highest BCUT2D eigenvalue weighted by atomic mass is 16.4. The lowest BCUT2D eigenvalue weighted by atomic mass is 9.63. The maximum Gasteiger partial charge on any atom is 0.312 e. The second kappa shape index (κ2) is 5.43. The van der Waals surface area contributed by atoms with Gasteiger partial charge in [0.2, 0.25) is 0 Å². The van der Waals surface area contributed by atoms with Gasteiger partial charge in [0.05, 0.1) is 11.3 Å². The number of hydrogen-bond donors (Lipinski definition) is 2. The summed E-state index contributed by atoms with van der Waals surface area (Å²) in [5, 5.41) is 19.1. The van der Waals surface area contributed by atoms with Crippen LogP contribution >= 0.6 is 0 Å². The maximum atomic E-state index is 11.7. The molecule has 2 N–H and O–H groups in total. The van der Waals surface area contributed by atoms with E-state index in [-0.39, 0.29) is 0 Å². The third-order valence-corrected chi connectivity index (χ3v) is 4.10. The molecule has 1 aliphatic carbocycles. The molecule has 0 aliphatic heterocycles. The van der Waals surface area contributed by atoms with Gasteiger partial charge in [-0.15, -0.1) is 0 Å². The largest absolute Gasteiger partial charge is 0.481 e. The van der Waals surface area contributed by atoms with Crippen LogP contribution in [0.3, 0.4) is 0 Å². The SMILES string of the molecule is O=C(O)C(c1ccccc1)C1(C(=O)O)CCCCC1. The smallest absolute Gasteiger partial charge is 0.312 e. The first-order chi connectivity index (χ1) is 9.08. The molecule has 1 aromatic carbocycles. The molecular weight excluding hydrogens is 244 g/mol. The summed E-state index contributed by atoms with van der Waals surface area (Å²) in [5.41, 5.74) is -0.579. The molecule has 1 saturated carbocycles. The lowest BCUT2D eigenvalue weighted by Crippen LogP contribution is -2.42. The van der Waals surface area contributed by atoms with Gasteiger partial charge in [0.1, 0.15) is 0 Å². The number of carboxylic acid groups (broad SMARTS) is 2. The molecule has 0 radical (unpaired) electrons. The first-order valence-electron chi connectivity index (χ1n) is 6.59. The van der Waals surface area contributed by atoms with Crippen LogP contribution < -0.4 is 0 Å². The molecular formula is C15H18O4. The van der Waals surface area contributed by atoms with Crippen molar-refractivity contribution in [2.75, 3.05) is 0 Å². The van der Waals surface area contributed by atoms with Gasteiger partial charge in [0.25, 0.3) is 0 Å². The molecule has 1 atom stereocenters. The van der Waals surface area contributed by atoms with E-state index in [2.05, 4.69) is 0 Å². The Labute approximate surface area is 112 Å². The van der Waals surface area contributed by atoms with Crippen molar-refractivity contribution in [3.63, 3.8) is 0 Å². The maximum absolute atomic E-state index is 11.7. The zero-order valence-corrected chi connectivity index (χ0v) is 10.7. The second-order valence-corrected chi connectivity index (χ2v) is 5.20. The predicted molar refractivity (Wildman–Crippen MR) is 70.0 cm³/mol. The molecule has 0 heterocycles. The molecule has 1 fully saturated rings. The molecule has 102 valence electrons. The Morgan fingerprint density at radius 1 is 1.00 bits per heavy atom. The Morgan fingerprint density at radius 2 is 1.58 bits per heavy atom. The highest BCUT2D eigenvalue weighted by molar-refractivity contribution is 5.87. The highest BCUT2D eigenvalue weighted by Crippen LogP contribution is 2.47. The quantitative estimate of drug-likeness (QED) is 0.874. The van der Waals surface area contributed by atoms with Crippen LogP contribution in [0.1, 0.15) is 43.6 Å². The molecule has 1 aromatic rings.